The topological polar surface area (TPSA) is 40.5 Å². The average molecular weight is 295 g/mol. The molecule has 0 aromatic carbocycles. The lowest BCUT2D eigenvalue weighted by Crippen LogP contribution is -2.54. The molecule has 4 aliphatic rings. The van der Waals surface area contributed by atoms with Gasteiger partial charge in [-0.05, 0) is 92.2 Å². The van der Waals surface area contributed by atoms with Gasteiger partial charge in [-0.1, -0.05) is 13.8 Å². The summed E-state index contributed by atoms with van der Waals surface area (Å²) in [5, 5.41) is 20.8. The van der Waals surface area contributed by atoms with Gasteiger partial charge in [-0.3, -0.25) is 0 Å². The third kappa shape index (κ3) is 1.91. The molecule has 4 rings (SSSR count). The molecular formula is C19H32O2. The molecule has 4 fully saturated rings. The van der Waals surface area contributed by atoms with Gasteiger partial charge in [-0.15, -0.1) is 0 Å². The molecule has 0 heterocycles. The van der Waals surface area contributed by atoms with E-state index >= 15 is 0 Å². The first-order valence-corrected chi connectivity index (χ1v) is 8.93. The summed E-state index contributed by atoms with van der Waals surface area (Å²) in [6, 6.07) is 0. The van der Waals surface area contributed by atoms with Crippen LogP contribution in [0.2, 0.25) is 0 Å². The van der Waals surface area contributed by atoms with Crippen molar-refractivity contribution >= 4 is 0 Å². The van der Waals surface area contributed by atoms with Crippen molar-refractivity contribution in [3.8, 4) is 0 Å². The van der Waals surface area contributed by atoms with Crippen molar-refractivity contribution in [3.05, 3.63) is 0 Å². The van der Waals surface area contributed by atoms with Crippen molar-refractivity contribution in [3.63, 3.8) is 0 Å². The summed E-state index contributed by atoms with van der Waals surface area (Å²) in [6.07, 6.45) is 3.21. The molecule has 0 aromatic heterocycles. The molecule has 21 heavy (non-hydrogen) atoms. The van der Waals surface area contributed by atoms with Crippen molar-refractivity contribution in [1.29, 1.82) is 0 Å². The van der Waals surface area contributed by atoms with Gasteiger partial charge in [-0.2, -0.15) is 0 Å². The van der Waals surface area contributed by atoms with Crippen LogP contribution in [0.5, 0.6) is 0 Å². The first kappa shape index (κ1) is 11.5. The molecule has 4 saturated carbocycles. The van der Waals surface area contributed by atoms with E-state index in [-0.39, 0.29) is 17.4 Å². The zero-order valence-corrected chi connectivity index (χ0v) is 13.4. The Kier molecular flexibility index (Phi) is 2.57. The molecule has 0 bridgehead atoms. The van der Waals surface area contributed by atoms with Gasteiger partial charge in [0, 0.05) is 2.74 Å². The molecule has 120 valence electrons. The highest BCUT2D eigenvalue weighted by Gasteiger charge is 2.59. The van der Waals surface area contributed by atoms with Gasteiger partial charge in [0.15, 0.2) is 0 Å². The molecule has 0 radical (unpaired) electrons. The first-order chi connectivity index (χ1) is 11.0. The van der Waals surface area contributed by atoms with Gasteiger partial charge >= 0.3 is 0 Å². The Bertz CT molecular complexity index is 537. The Morgan fingerprint density at radius 1 is 0.952 bits per heavy atom. The van der Waals surface area contributed by atoms with E-state index < -0.39 is 17.9 Å². The number of aliphatic hydroxyl groups excluding tert-OH is 1. The highest BCUT2D eigenvalue weighted by molar-refractivity contribution is 5.09. The molecule has 0 amide bonds. The van der Waals surface area contributed by atoms with Crippen LogP contribution in [-0.4, -0.2) is 22.4 Å². The lowest BCUT2D eigenvalue weighted by molar-refractivity contribution is -0.133. The molecule has 2 N–H and O–H groups in total. The molecule has 2 heteroatoms. The smallest absolute Gasteiger partial charge is 0.0606 e. The van der Waals surface area contributed by atoms with Gasteiger partial charge in [-0.25, -0.2) is 0 Å². The molecule has 4 aliphatic carbocycles. The van der Waals surface area contributed by atoms with E-state index in [1.54, 1.807) is 0 Å². The second-order valence-electron chi connectivity index (χ2n) is 8.77. The maximum atomic E-state index is 10.8. The summed E-state index contributed by atoms with van der Waals surface area (Å²) < 4.78 is 25.0. The second kappa shape index (κ2) is 4.71. The molecular weight excluding hydrogens is 260 g/mol. The summed E-state index contributed by atoms with van der Waals surface area (Å²) in [4.78, 5) is 0. The van der Waals surface area contributed by atoms with Crippen molar-refractivity contribution in [2.24, 2.45) is 34.5 Å². The summed E-state index contributed by atoms with van der Waals surface area (Å²) >= 11 is 0. The highest BCUT2D eigenvalue weighted by Crippen LogP contribution is 2.66. The lowest BCUT2D eigenvalue weighted by Gasteiger charge is -2.60. The van der Waals surface area contributed by atoms with Crippen molar-refractivity contribution in [1.82, 2.24) is 0 Å². The summed E-state index contributed by atoms with van der Waals surface area (Å²) in [5.41, 5.74) is -0.381. The Morgan fingerprint density at radius 3 is 2.48 bits per heavy atom. The van der Waals surface area contributed by atoms with E-state index in [1.165, 1.54) is 0 Å². The normalized spacial score (nSPS) is 68.0. The summed E-state index contributed by atoms with van der Waals surface area (Å²) in [6.45, 7) is 4.37. The van der Waals surface area contributed by atoms with Crippen LogP contribution < -0.4 is 0 Å². The van der Waals surface area contributed by atoms with Gasteiger partial charge < -0.3 is 10.2 Å². The van der Waals surface area contributed by atoms with Gasteiger partial charge in [0.25, 0.3) is 0 Å². The SMILES string of the molecule is [2H]C1([2H])CC2C3CCC4CC(O)CC[C@]4(C)C3CC[C@]2(C)[C@@]1([2H])O. The Balaban J connectivity index is 1.67. The van der Waals surface area contributed by atoms with Crippen LogP contribution in [0.15, 0.2) is 0 Å². The fourth-order valence-corrected chi connectivity index (χ4v) is 6.63. The third-order valence-electron chi connectivity index (χ3n) is 8.06. The van der Waals surface area contributed by atoms with Crippen molar-refractivity contribution in [2.75, 3.05) is 0 Å². The van der Waals surface area contributed by atoms with E-state index in [9.17, 15) is 10.2 Å². The van der Waals surface area contributed by atoms with Crippen LogP contribution in [0, 0.1) is 34.5 Å². The number of hydrogen-bond acceptors (Lipinski definition) is 2. The van der Waals surface area contributed by atoms with Crippen LogP contribution in [-0.2, 0) is 0 Å². The molecule has 8 atom stereocenters. The van der Waals surface area contributed by atoms with Crippen molar-refractivity contribution in [2.45, 2.75) is 83.8 Å². The van der Waals surface area contributed by atoms with E-state index in [2.05, 4.69) is 6.92 Å². The predicted octanol–water partition coefficient (Wildman–Crippen LogP) is 3.75. The monoisotopic (exact) mass is 295 g/mol. The first-order valence-electron chi connectivity index (χ1n) is 10.4. The minimum atomic E-state index is -1.98. The fraction of sp³-hybridized carbons (Fsp3) is 1.00. The van der Waals surface area contributed by atoms with E-state index in [1.807, 2.05) is 6.92 Å². The van der Waals surface area contributed by atoms with E-state index in [0.717, 1.165) is 44.9 Å². The summed E-state index contributed by atoms with van der Waals surface area (Å²) in [7, 11) is 0. The maximum Gasteiger partial charge on any atom is 0.0606 e. The molecule has 2 nitrogen and oxygen atoms in total. The molecule has 5 unspecified atom stereocenters. The van der Waals surface area contributed by atoms with Crippen molar-refractivity contribution < 1.29 is 14.3 Å². The maximum absolute atomic E-state index is 10.8. The standard InChI is InChI=1S/C19H32O2/c1-18-9-7-13(20)11-12(18)3-4-14-15-5-6-17(21)19(15,2)10-8-16(14)18/h12-17,20-21H,3-11H2,1-2H3/t12?,13?,14?,15?,16?,17-,18-,19-/m0/s1/i6D2,17D. The number of rotatable bonds is 0. The minimum absolute atomic E-state index is 0.110. The lowest BCUT2D eigenvalue weighted by atomic mass is 9.45. The Hall–Kier alpha value is -0.0800. The second-order valence-corrected chi connectivity index (χ2v) is 8.77. The quantitative estimate of drug-likeness (QED) is 0.714. The van der Waals surface area contributed by atoms with Gasteiger partial charge in [0.1, 0.15) is 0 Å². The Morgan fingerprint density at radius 2 is 1.67 bits per heavy atom. The van der Waals surface area contributed by atoms with Gasteiger partial charge in [0.05, 0.1) is 13.6 Å². The fourth-order valence-electron chi connectivity index (χ4n) is 6.63. The number of hydrogen-bond donors (Lipinski definition) is 2. The zero-order chi connectivity index (χ0) is 17.5. The van der Waals surface area contributed by atoms with Crippen LogP contribution in [0.1, 0.15) is 75.7 Å². The Labute approximate surface area is 133 Å². The zero-order valence-electron chi connectivity index (χ0n) is 16.4. The molecule has 0 aliphatic heterocycles. The average Bonchev–Trinajstić information content (AvgIpc) is 2.64. The van der Waals surface area contributed by atoms with E-state index in [0.29, 0.717) is 24.2 Å². The van der Waals surface area contributed by atoms with Crippen LogP contribution in [0.25, 0.3) is 0 Å². The summed E-state index contributed by atoms with van der Waals surface area (Å²) in [5.74, 6) is 1.68. The number of fused-ring (bicyclic) bond motifs is 5. The number of aliphatic hydroxyl groups is 2. The highest BCUT2D eigenvalue weighted by atomic mass is 16.3. The molecule has 0 spiro atoms. The largest absolute Gasteiger partial charge is 0.393 e. The van der Waals surface area contributed by atoms with Crippen LogP contribution in [0.3, 0.4) is 0 Å². The predicted molar refractivity (Wildman–Crippen MR) is 83.7 cm³/mol. The van der Waals surface area contributed by atoms with Crippen LogP contribution >= 0.6 is 0 Å². The van der Waals surface area contributed by atoms with Gasteiger partial charge in [0.2, 0.25) is 0 Å². The molecule has 0 aromatic rings. The third-order valence-corrected chi connectivity index (χ3v) is 8.06. The van der Waals surface area contributed by atoms with Crippen LogP contribution in [0.4, 0.5) is 0 Å². The minimum Gasteiger partial charge on any atom is -0.393 e. The molecule has 0 saturated heterocycles. The van der Waals surface area contributed by atoms with E-state index in [4.69, 9.17) is 4.11 Å².